The van der Waals surface area contributed by atoms with Gasteiger partial charge in [-0.1, -0.05) is 29.4 Å². The van der Waals surface area contributed by atoms with Crippen molar-refractivity contribution in [2.75, 3.05) is 11.6 Å². The van der Waals surface area contributed by atoms with Crippen molar-refractivity contribution in [1.82, 2.24) is 5.16 Å². The van der Waals surface area contributed by atoms with Crippen molar-refractivity contribution >= 4 is 23.4 Å². The first-order chi connectivity index (χ1) is 11.2. The van der Waals surface area contributed by atoms with Gasteiger partial charge in [-0.15, -0.1) is 11.8 Å². The van der Waals surface area contributed by atoms with Crippen LogP contribution in [0.3, 0.4) is 0 Å². The number of hydrogen-bond donors (Lipinski definition) is 2. The number of anilines is 1. The van der Waals surface area contributed by atoms with E-state index < -0.39 is 0 Å². The van der Waals surface area contributed by atoms with E-state index in [4.69, 9.17) is 4.52 Å². The fourth-order valence-corrected chi connectivity index (χ4v) is 2.67. The van der Waals surface area contributed by atoms with Gasteiger partial charge >= 0.3 is 0 Å². The molecule has 0 spiro atoms. The largest absolute Gasteiger partial charge is 0.508 e. The topological polar surface area (TPSA) is 75.4 Å². The van der Waals surface area contributed by atoms with Crippen LogP contribution in [0.5, 0.6) is 5.75 Å². The summed E-state index contributed by atoms with van der Waals surface area (Å²) in [7, 11) is 0. The number of para-hydroxylation sites is 1. The molecule has 0 saturated heterocycles. The van der Waals surface area contributed by atoms with E-state index in [1.54, 1.807) is 42.1 Å². The molecule has 0 aliphatic carbocycles. The molecule has 1 heterocycles. The van der Waals surface area contributed by atoms with Crippen LogP contribution in [0.4, 0.5) is 5.69 Å². The molecule has 0 saturated carbocycles. The minimum Gasteiger partial charge on any atom is -0.508 e. The Morgan fingerprint density at radius 3 is 2.78 bits per heavy atom. The van der Waals surface area contributed by atoms with Crippen LogP contribution in [-0.4, -0.2) is 22.4 Å². The van der Waals surface area contributed by atoms with Crippen LogP contribution in [0, 0.1) is 0 Å². The van der Waals surface area contributed by atoms with Crippen LogP contribution in [-0.2, 0) is 0 Å². The second-order valence-corrected chi connectivity index (χ2v) is 5.63. The number of nitrogens with zero attached hydrogens (tertiary/aromatic N) is 1. The van der Waals surface area contributed by atoms with Crippen LogP contribution < -0.4 is 5.32 Å². The second-order valence-electron chi connectivity index (χ2n) is 4.78. The Morgan fingerprint density at radius 2 is 2.00 bits per heavy atom. The third-order valence-corrected chi connectivity index (χ3v) is 4.02. The summed E-state index contributed by atoms with van der Waals surface area (Å²) in [6.07, 6.45) is 1.95. The third-order valence-electron chi connectivity index (χ3n) is 3.23. The van der Waals surface area contributed by atoms with E-state index in [1.807, 2.05) is 30.5 Å². The van der Waals surface area contributed by atoms with Crippen LogP contribution in [0.15, 0.2) is 64.0 Å². The van der Waals surface area contributed by atoms with E-state index >= 15 is 0 Å². The summed E-state index contributed by atoms with van der Waals surface area (Å²) in [6, 6.07) is 15.7. The maximum atomic E-state index is 12.3. The molecular weight excluding hydrogens is 312 g/mol. The lowest BCUT2D eigenvalue weighted by Crippen LogP contribution is -2.12. The maximum Gasteiger partial charge on any atom is 0.277 e. The van der Waals surface area contributed by atoms with Gasteiger partial charge in [-0.2, -0.15) is 0 Å². The molecule has 0 aliphatic heterocycles. The summed E-state index contributed by atoms with van der Waals surface area (Å²) in [6.45, 7) is 0. The van der Waals surface area contributed by atoms with Gasteiger partial charge in [0, 0.05) is 16.5 Å². The highest BCUT2D eigenvalue weighted by Gasteiger charge is 2.15. The molecule has 1 amide bonds. The lowest BCUT2D eigenvalue weighted by atomic mass is 10.1. The molecule has 0 bridgehead atoms. The first-order valence-electron chi connectivity index (χ1n) is 6.88. The molecule has 116 valence electrons. The van der Waals surface area contributed by atoms with Gasteiger partial charge in [0.25, 0.3) is 5.91 Å². The maximum absolute atomic E-state index is 12.3. The quantitative estimate of drug-likeness (QED) is 0.708. The van der Waals surface area contributed by atoms with E-state index in [1.165, 1.54) is 0 Å². The molecule has 5 nitrogen and oxygen atoms in total. The number of rotatable bonds is 4. The number of amides is 1. The number of thioether (sulfide) groups is 1. The summed E-state index contributed by atoms with van der Waals surface area (Å²) in [5.41, 5.74) is 1.56. The zero-order valence-corrected chi connectivity index (χ0v) is 13.1. The number of aromatic hydroxyl groups is 1. The SMILES string of the molecule is CSc1ccccc1NC(=O)c1cc(-c2cccc(O)c2)on1. The van der Waals surface area contributed by atoms with Gasteiger partial charge in [-0.25, -0.2) is 0 Å². The van der Waals surface area contributed by atoms with Crippen molar-refractivity contribution in [3.05, 3.63) is 60.3 Å². The van der Waals surface area contributed by atoms with Crippen molar-refractivity contribution in [3.63, 3.8) is 0 Å². The molecule has 2 aromatic carbocycles. The molecule has 0 fully saturated rings. The number of hydrogen-bond acceptors (Lipinski definition) is 5. The monoisotopic (exact) mass is 326 g/mol. The number of carbonyl (C=O) groups is 1. The second kappa shape index (κ2) is 6.58. The number of phenols is 1. The van der Waals surface area contributed by atoms with Crippen molar-refractivity contribution in [1.29, 1.82) is 0 Å². The van der Waals surface area contributed by atoms with Gasteiger partial charge in [0.15, 0.2) is 11.5 Å². The number of aromatic nitrogens is 1. The molecule has 1 aromatic heterocycles. The molecule has 0 unspecified atom stereocenters. The summed E-state index contributed by atoms with van der Waals surface area (Å²) in [5.74, 6) is 0.199. The van der Waals surface area contributed by atoms with E-state index in [9.17, 15) is 9.90 Å². The van der Waals surface area contributed by atoms with Gasteiger partial charge in [-0.05, 0) is 30.5 Å². The Kier molecular flexibility index (Phi) is 4.34. The van der Waals surface area contributed by atoms with E-state index in [0.29, 0.717) is 11.3 Å². The zero-order chi connectivity index (χ0) is 16.2. The fourth-order valence-electron chi connectivity index (χ4n) is 2.11. The fraction of sp³-hybridized carbons (Fsp3) is 0.0588. The highest BCUT2D eigenvalue weighted by atomic mass is 32.2. The average Bonchev–Trinajstić information content (AvgIpc) is 3.05. The number of carbonyl (C=O) groups excluding carboxylic acids is 1. The molecule has 2 N–H and O–H groups in total. The van der Waals surface area contributed by atoms with Crippen molar-refractivity contribution in [2.24, 2.45) is 0 Å². The minimum atomic E-state index is -0.346. The lowest BCUT2D eigenvalue weighted by molar-refractivity contribution is 0.101. The first-order valence-corrected chi connectivity index (χ1v) is 8.10. The number of phenolic OH excluding ortho intramolecular Hbond substituents is 1. The molecular formula is C17H14N2O3S. The van der Waals surface area contributed by atoms with E-state index in [0.717, 1.165) is 10.6 Å². The molecule has 0 atom stereocenters. The standard InChI is InChI=1S/C17H14N2O3S/c1-23-16-8-3-2-7-13(16)18-17(21)14-10-15(22-19-14)11-5-4-6-12(20)9-11/h2-10,20H,1H3,(H,18,21). The highest BCUT2D eigenvalue weighted by molar-refractivity contribution is 7.98. The number of benzene rings is 2. The van der Waals surface area contributed by atoms with Gasteiger partial charge in [-0.3, -0.25) is 4.79 Å². The molecule has 0 aliphatic rings. The predicted octanol–water partition coefficient (Wildman–Crippen LogP) is 4.02. The van der Waals surface area contributed by atoms with Gasteiger partial charge in [0.05, 0.1) is 5.69 Å². The Balaban J connectivity index is 1.81. The van der Waals surface area contributed by atoms with Crippen molar-refractivity contribution in [3.8, 4) is 17.1 Å². The van der Waals surface area contributed by atoms with Crippen molar-refractivity contribution in [2.45, 2.75) is 4.90 Å². The Morgan fingerprint density at radius 1 is 1.17 bits per heavy atom. The third kappa shape index (κ3) is 3.37. The van der Waals surface area contributed by atoms with Crippen LogP contribution in [0.25, 0.3) is 11.3 Å². The van der Waals surface area contributed by atoms with Gasteiger partial charge < -0.3 is 14.9 Å². The Bertz CT molecular complexity index is 845. The van der Waals surface area contributed by atoms with Crippen LogP contribution >= 0.6 is 11.8 Å². The normalized spacial score (nSPS) is 10.5. The van der Waals surface area contributed by atoms with Gasteiger partial charge in [0.1, 0.15) is 5.75 Å². The molecule has 6 heteroatoms. The van der Waals surface area contributed by atoms with Gasteiger partial charge in [0.2, 0.25) is 0 Å². The van der Waals surface area contributed by atoms with Crippen LogP contribution in [0.1, 0.15) is 10.5 Å². The minimum absolute atomic E-state index is 0.124. The average molecular weight is 326 g/mol. The zero-order valence-electron chi connectivity index (χ0n) is 12.3. The summed E-state index contributed by atoms with van der Waals surface area (Å²) in [5, 5.41) is 16.1. The van der Waals surface area contributed by atoms with E-state index in [2.05, 4.69) is 10.5 Å². The summed E-state index contributed by atoms with van der Waals surface area (Å²) >= 11 is 1.55. The summed E-state index contributed by atoms with van der Waals surface area (Å²) < 4.78 is 5.19. The Hall–Kier alpha value is -2.73. The smallest absolute Gasteiger partial charge is 0.277 e. The van der Waals surface area contributed by atoms with Crippen molar-refractivity contribution < 1.29 is 14.4 Å². The first kappa shape index (κ1) is 15.2. The number of nitrogens with one attached hydrogen (secondary N) is 1. The Labute approximate surface area is 137 Å². The van der Waals surface area contributed by atoms with E-state index in [-0.39, 0.29) is 17.4 Å². The van der Waals surface area contributed by atoms with Crippen LogP contribution in [0.2, 0.25) is 0 Å². The summed E-state index contributed by atoms with van der Waals surface area (Å²) in [4.78, 5) is 13.3. The molecule has 3 aromatic rings. The highest BCUT2D eigenvalue weighted by Crippen LogP contribution is 2.26. The molecule has 23 heavy (non-hydrogen) atoms. The molecule has 3 rings (SSSR count). The molecule has 0 radical (unpaired) electrons. The lowest BCUT2D eigenvalue weighted by Gasteiger charge is -2.07. The predicted molar refractivity (Wildman–Crippen MR) is 89.8 cm³/mol.